The molecule has 170 valence electrons. The van der Waals surface area contributed by atoms with Crippen molar-refractivity contribution >= 4 is 33.4 Å². The number of benzene rings is 1. The van der Waals surface area contributed by atoms with Crippen molar-refractivity contribution < 1.29 is 13.2 Å². The molecule has 2 rings (SSSR count). The minimum atomic E-state index is -3.62. The molecule has 0 fully saturated rings. The molecule has 1 N–H and O–H groups in total. The highest BCUT2D eigenvalue weighted by atomic mass is 32.2. The smallest absolute Gasteiger partial charge is 0.243 e. The molecule has 1 atom stereocenters. The first-order chi connectivity index (χ1) is 14.5. The van der Waals surface area contributed by atoms with E-state index in [1.54, 1.807) is 39.8 Å². The van der Waals surface area contributed by atoms with Crippen molar-refractivity contribution in [2.24, 2.45) is 0 Å². The Bertz CT molecular complexity index is 1040. The van der Waals surface area contributed by atoms with Gasteiger partial charge in [-0.15, -0.1) is 0 Å². The molecule has 0 unspecified atom stereocenters. The van der Waals surface area contributed by atoms with Crippen LogP contribution in [0.15, 0.2) is 34.2 Å². The first-order valence-corrected chi connectivity index (χ1v) is 12.7. The van der Waals surface area contributed by atoms with Gasteiger partial charge in [0.1, 0.15) is 10.9 Å². The first-order valence-electron chi connectivity index (χ1n) is 10.4. The molecule has 1 heterocycles. The monoisotopic (exact) mass is 464 g/mol. The van der Waals surface area contributed by atoms with Crippen LogP contribution in [-0.2, 0) is 14.8 Å². The lowest BCUT2D eigenvalue weighted by molar-refractivity contribution is -0.115. The van der Waals surface area contributed by atoms with Crippen LogP contribution in [0.25, 0.3) is 0 Å². The van der Waals surface area contributed by atoms with Gasteiger partial charge in [0.25, 0.3) is 0 Å². The molecule has 9 heteroatoms. The van der Waals surface area contributed by atoms with Crippen LogP contribution in [0.4, 0.5) is 5.69 Å². The average Bonchev–Trinajstić information content (AvgIpc) is 2.69. The molecule has 1 amide bonds. The summed E-state index contributed by atoms with van der Waals surface area (Å²) in [5.41, 5.74) is 1.96. The Balaban J connectivity index is 2.21. The second-order valence-corrected chi connectivity index (χ2v) is 10.9. The Labute approximate surface area is 190 Å². The number of nitrogens with one attached hydrogen (secondary N) is 1. The molecule has 0 aliphatic rings. The fourth-order valence-corrected chi connectivity index (χ4v) is 5.64. The third-order valence-electron chi connectivity index (χ3n) is 4.81. The lowest BCUT2D eigenvalue weighted by Crippen LogP contribution is -2.31. The van der Waals surface area contributed by atoms with Crippen molar-refractivity contribution in [2.75, 3.05) is 18.4 Å². The first kappa shape index (κ1) is 25.3. The van der Waals surface area contributed by atoms with E-state index in [2.05, 4.69) is 15.3 Å². The largest absolute Gasteiger partial charge is 0.325 e. The normalized spacial score (nSPS) is 12.9. The van der Waals surface area contributed by atoms with Gasteiger partial charge in [-0.05, 0) is 44.5 Å². The summed E-state index contributed by atoms with van der Waals surface area (Å²) in [4.78, 5) is 22.0. The van der Waals surface area contributed by atoms with Crippen LogP contribution in [0.3, 0.4) is 0 Å². The number of carbonyl (C=O) groups excluding carboxylic acids is 1. The van der Waals surface area contributed by atoms with Gasteiger partial charge in [0.15, 0.2) is 0 Å². The van der Waals surface area contributed by atoms with E-state index in [4.69, 9.17) is 0 Å². The second-order valence-electron chi connectivity index (χ2n) is 7.68. The number of aromatic nitrogens is 2. The van der Waals surface area contributed by atoms with Crippen molar-refractivity contribution in [3.63, 3.8) is 0 Å². The zero-order valence-corrected chi connectivity index (χ0v) is 20.9. The molecule has 0 radical (unpaired) electrons. The fourth-order valence-electron chi connectivity index (χ4n) is 3.02. The van der Waals surface area contributed by atoms with Crippen LogP contribution >= 0.6 is 11.8 Å². The zero-order chi connectivity index (χ0) is 23.3. The predicted octanol–water partition coefficient (Wildman–Crippen LogP) is 4.37. The summed E-state index contributed by atoms with van der Waals surface area (Å²) in [6.45, 7) is 13.9. The van der Waals surface area contributed by atoms with Gasteiger partial charge in [0, 0.05) is 30.4 Å². The SMILES string of the molecule is CCN(CC)S(=O)(=O)c1cc(NC(=O)[C@@H](C)Sc2cc(C)nc(C(C)C)n2)ccc1C. The minimum Gasteiger partial charge on any atom is -0.325 e. The van der Waals surface area contributed by atoms with Gasteiger partial charge in [-0.25, -0.2) is 18.4 Å². The van der Waals surface area contributed by atoms with E-state index in [9.17, 15) is 13.2 Å². The molecule has 1 aromatic carbocycles. The van der Waals surface area contributed by atoms with Gasteiger partial charge in [-0.3, -0.25) is 4.79 Å². The molecular formula is C22H32N4O3S2. The zero-order valence-electron chi connectivity index (χ0n) is 19.3. The predicted molar refractivity (Wildman–Crippen MR) is 126 cm³/mol. The molecule has 0 bridgehead atoms. The number of amides is 1. The van der Waals surface area contributed by atoms with Gasteiger partial charge in [0.2, 0.25) is 15.9 Å². The number of anilines is 1. The molecule has 1 aromatic heterocycles. The molecule has 31 heavy (non-hydrogen) atoms. The summed E-state index contributed by atoms with van der Waals surface area (Å²) >= 11 is 1.35. The van der Waals surface area contributed by atoms with Crippen LogP contribution in [-0.4, -0.2) is 46.9 Å². The van der Waals surface area contributed by atoms with Crippen molar-refractivity contribution in [1.29, 1.82) is 0 Å². The highest BCUT2D eigenvalue weighted by Gasteiger charge is 2.24. The number of thioether (sulfide) groups is 1. The number of nitrogens with zero attached hydrogens (tertiary/aromatic N) is 3. The maximum atomic E-state index is 12.9. The van der Waals surface area contributed by atoms with Crippen molar-refractivity contribution in [3.05, 3.63) is 41.3 Å². The van der Waals surface area contributed by atoms with Gasteiger partial charge >= 0.3 is 0 Å². The van der Waals surface area contributed by atoms with E-state index in [0.29, 0.717) is 24.3 Å². The summed E-state index contributed by atoms with van der Waals surface area (Å²) in [7, 11) is -3.62. The van der Waals surface area contributed by atoms with Crippen molar-refractivity contribution in [1.82, 2.24) is 14.3 Å². The van der Waals surface area contributed by atoms with E-state index >= 15 is 0 Å². The van der Waals surface area contributed by atoms with E-state index < -0.39 is 15.3 Å². The highest BCUT2D eigenvalue weighted by molar-refractivity contribution is 8.00. The maximum Gasteiger partial charge on any atom is 0.243 e. The molecular weight excluding hydrogens is 432 g/mol. The molecule has 0 aliphatic carbocycles. The Morgan fingerprint density at radius 3 is 2.32 bits per heavy atom. The lowest BCUT2D eigenvalue weighted by atomic mass is 10.2. The van der Waals surface area contributed by atoms with Crippen LogP contribution in [0, 0.1) is 13.8 Å². The molecule has 0 saturated heterocycles. The van der Waals surface area contributed by atoms with Crippen LogP contribution in [0.5, 0.6) is 0 Å². The van der Waals surface area contributed by atoms with Gasteiger partial charge in [-0.1, -0.05) is 45.5 Å². The second kappa shape index (κ2) is 10.6. The van der Waals surface area contributed by atoms with Crippen molar-refractivity contribution in [3.8, 4) is 0 Å². The number of sulfonamides is 1. The van der Waals surface area contributed by atoms with Gasteiger partial charge in [0.05, 0.1) is 10.1 Å². The number of rotatable bonds is 9. The summed E-state index contributed by atoms with van der Waals surface area (Å²) in [6, 6.07) is 6.83. The van der Waals surface area contributed by atoms with Crippen molar-refractivity contribution in [2.45, 2.75) is 69.6 Å². The summed E-state index contributed by atoms with van der Waals surface area (Å²) < 4.78 is 27.3. The lowest BCUT2D eigenvalue weighted by Gasteiger charge is -2.20. The van der Waals surface area contributed by atoms with E-state index in [0.717, 1.165) is 16.5 Å². The molecule has 2 aromatic rings. The van der Waals surface area contributed by atoms with Crippen LogP contribution in [0.1, 0.15) is 57.6 Å². The van der Waals surface area contributed by atoms with Gasteiger partial charge in [-0.2, -0.15) is 4.31 Å². The third kappa shape index (κ3) is 6.27. The maximum absolute atomic E-state index is 12.9. The molecule has 0 spiro atoms. The molecule has 0 saturated carbocycles. The summed E-state index contributed by atoms with van der Waals surface area (Å²) in [6.07, 6.45) is 0. The summed E-state index contributed by atoms with van der Waals surface area (Å²) in [5, 5.41) is 3.17. The topological polar surface area (TPSA) is 92.3 Å². The number of carbonyl (C=O) groups is 1. The summed E-state index contributed by atoms with van der Waals surface area (Å²) in [5.74, 6) is 0.726. The Morgan fingerprint density at radius 2 is 1.74 bits per heavy atom. The quantitative estimate of drug-likeness (QED) is 0.438. The van der Waals surface area contributed by atoms with E-state index in [1.807, 2.05) is 26.8 Å². The number of hydrogen-bond acceptors (Lipinski definition) is 6. The number of aryl methyl sites for hydroxylation is 2. The average molecular weight is 465 g/mol. The fraction of sp³-hybridized carbons (Fsp3) is 0.500. The molecule has 0 aliphatic heterocycles. The molecule has 7 nitrogen and oxygen atoms in total. The minimum absolute atomic E-state index is 0.196. The third-order valence-corrected chi connectivity index (χ3v) is 8.02. The Kier molecular flexibility index (Phi) is 8.62. The van der Waals surface area contributed by atoms with Crippen LogP contribution in [0.2, 0.25) is 0 Å². The van der Waals surface area contributed by atoms with E-state index in [1.165, 1.54) is 22.1 Å². The highest BCUT2D eigenvalue weighted by Crippen LogP contribution is 2.27. The Morgan fingerprint density at radius 1 is 1.10 bits per heavy atom. The Hall–Kier alpha value is -1.97. The standard InChI is InChI=1S/C22H32N4O3S2/c1-8-26(9-2)31(28,29)19-13-18(11-10-15(19)5)24-22(27)17(7)30-20-12-16(6)23-21(25-20)14(3)4/h10-14,17H,8-9H2,1-7H3,(H,24,27)/t17-/m1/s1. The number of hydrogen-bond donors (Lipinski definition) is 1. The van der Waals surface area contributed by atoms with Gasteiger partial charge < -0.3 is 5.32 Å². The van der Waals surface area contributed by atoms with E-state index in [-0.39, 0.29) is 16.7 Å². The van der Waals surface area contributed by atoms with Crippen LogP contribution < -0.4 is 5.32 Å².